The summed E-state index contributed by atoms with van der Waals surface area (Å²) >= 11 is 0. The second kappa shape index (κ2) is 9.38. The van der Waals surface area contributed by atoms with Gasteiger partial charge in [-0.05, 0) is 53.3 Å². The van der Waals surface area contributed by atoms with Gasteiger partial charge in [0.15, 0.2) is 5.82 Å². The Morgan fingerprint density at radius 3 is 2.50 bits per heavy atom. The van der Waals surface area contributed by atoms with Gasteiger partial charge in [0.1, 0.15) is 0 Å². The zero-order chi connectivity index (χ0) is 23.7. The number of aliphatic hydroxyl groups excluding tert-OH is 1. The first-order chi connectivity index (χ1) is 16.6. The molecule has 4 aromatic rings. The maximum Gasteiger partial charge on any atom is 0.270 e. The van der Waals surface area contributed by atoms with Crippen molar-refractivity contribution < 1.29 is 5.11 Å². The number of benzene rings is 2. The molecule has 8 heteroatoms. The number of hydrogen-bond acceptors (Lipinski definition) is 5. The van der Waals surface area contributed by atoms with Gasteiger partial charge in [-0.2, -0.15) is 0 Å². The van der Waals surface area contributed by atoms with Gasteiger partial charge < -0.3 is 5.11 Å². The highest BCUT2D eigenvalue weighted by atomic mass is 16.3. The van der Waals surface area contributed by atoms with Crippen molar-refractivity contribution in [2.24, 2.45) is 0 Å². The van der Waals surface area contributed by atoms with Crippen molar-refractivity contribution in [3.63, 3.8) is 0 Å². The van der Waals surface area contributed by atoms with Crippen LogP contribution < -0.4 is 5.56 Å². The summed E-state index contributed by atoms with van der Waals surface area (Å²) in [6.45, 7) is 4.31. The summed E-state index contributed by atoms with van der Waals surface area (Å²) in [7, 11) is 0. The summed E-state index contributed by atoms with van der Waals surface area (Å²) in [4.78, 5) is 13.5. The Bertz CT molecular complexity index is 1320. The van der Waals surface area contributed by atoms with Gasteiger partial charge >= 0.3 is 0 Å². The fourth-order valence-electron chi connectivity index (χ4n) is 5.20. The van der Waals surface area contributed by atoms with Crippen LogP contribution in [0.2, 0.25) is 0 Å². The molecule has 34 heavy (non-hydrogen) atoms. The molecule has 0 spiro atoms. The van der Waals surface area contributed by atoms with Gasteiger partial charge in [-0.15, -0.1) is 5.10 Å². The lowest BCUT2D eigenvalue weighted by Crippen LogP contribution is -2.36. The normalized spacial score (nSPS) is 17.6. The quantitative estimate of drug-likeness (QED) is 0.437. The molecule has 2 unspecified atom stereocenters. The van der Waals surface area contributed by atoms with Crippen LogP contribution in [0.5, 0.6) is 0 Å². The molecule has 1 aliphatic rings. The highest BCUT2D eigenvalue weighted by molar-refractivity contribution is 5.80. The van der Waals surface area contributed by atoms with E-state index in [1.807, 2.05) is 22.9 Å². The van der Waals surface area contributed by atoms with Gasteiger partial charge in [0.05, 0.1) is 12.6 Å². The molecule has 0 saturated heterocycles. The second-order valence-electron chi connectivity index (χ2n) is 9.10. The van der Waals surface area contributed by atoms with Crippen LogP contribution in [0, 0.1) is 0 Å². The fourth-order valence-corrected chi connectivity index (χ4v) is 5.20. The Kier molecular flexibility index (Phi) is 6.15. The van der Waals surface area contributed by atoms with Crippen LogP contribution in [-0.4, -0.2) is 41.7 Å². The Hall–Kier alpha value is -3.52. The summed E-state index contributed by atoms with van der Waals surface area (Å²) in [6, 6.07) is 16.5. The number of aromatic amines is 1. The molecule has 5 rings (SSSR count). The average molecular weight is 459 g/mol. The highest BCUT2D eigenvalue weighted by Gasteiger charge is 2.30. The monoisotopic (exact) mass is 458 g/mol. The zero-order valence-electron chi connectivity index (χ0n) is 19.6. The third-order valence-electron chi connectivity index (χ3n) is 6.88. The summed E-state index contributed by atoms with van der Waals surface area (Å²) in [5.41, 5.74) is 6.15. The molecule has 2 aromatic heterocycles. The third kappa shape index (κ3) is 3.88. The van der Waals surface area contributed by atoms with Crippen molar-refractivity contribution >= 4 is 0 Å². The van der Waals surface area contributed by atoms with E-state index in [2.05, 4.69) is 69.5 Å². The van der Waals surface area contributed by atoms with Crippen molar-refractivity contribution in [2.45, 2.75) is 58.0 Å². The smallest absolute Gasteiger partial charge is 0.270 e. The highest BCUT2D eigenvalue weighted by Crippen LogP contribution is 2.32. The Morgan fingerprint density at radius 1 is 1.06 bits per heavy atom. The lowest BCUT2D eigenvalue weighted by Gasteiger charge is -2.31. The molecule has 2 aromatic carbocycles. The van der Waals surface area contributed by atoms with Crippen LogP contribution in [0.25, 0.3) is 22.5 Å². The SMILES string of the molecule is CCCc1c(Cc2ccc(-c3ccccc3-c3nnn[nH]3)cc2)c(=O)n2n1C(C)CCC2CO. The molecule has 0 fully saturated rings. The molecule has 2 atom stereocenters. The Morgan fingerprint density at radius 2 is 1.82 bits per heavy atom. The summed E-state index contributed by atoms with van der Waals surface area (Å²) in [5.74, 6) is 0.629. The van der Waals surface area contributed by atoms with E-state index in [0.29, 0.717) is 12.2 Å². The van der Waals surface area contributed by atoms with Crippen molar-refractivity contribution in [3.8, 4) is 22.5 Å². The van der Waals surface area contributed by atoms with E-state index in [1.165, 1.54) is 0 Å². The molecule has 0 bridgehead atoms. The number of rotatable bonds is 7. The minimum atomic E-state index is -0.141. The minimum Gasteiger partial charge on any atom is -0.394 e. The number of nitrogens with zero attached hydrogens (tertiary/aromatic N) is 5. The first-order valence-electron chi connectivity index (χ1n) is 12.0. The lowest BCUT2D eigenvalue weighted by molar-refractivity contribution is 0.147. The Labute approximate surface area is 198 Å². The predicted molar refractivity (Wildman–Crippen MR) is 131 cm³/mol. The number of aliphatic hydroxyl groups is 1. The number of H-pyrrole nitrogens is 1. The maximum atomic E-state index is 13.5. The Balaban J connectivity index is 1.50. The first kappa shape index (κ1) is 22.3. The number of hydrogen-bond donors (Lipinski definition) is 2. The summed E-state index contributed by atoms with van der Waals surface area (Å²) in [6.07, 6.45) is 4.22. The zero-order valence-corrected chi connectivity index (χ0v) is 19.6. The molecule has 1 aliphatic heterocycles. The molecular formula is C26H30N6O2. The molecule has 3 heterocycles. The number of fused-ring (bicyclic) bond motifs is 1. The number of aromatic nitrogens is 6. The number of nitrogens with one attached hydrogen (secondary N) is 1. The van der Waals surface area contributed by atoms with Crippen molar-refractivity contribution in [3.05, 3.63) is 75.7 Å². The molecule has 0 amide bonds. The van der Waals surface area contributed by atoms with Gasteiger partial charge in [-0.1, -0.05) is 61.9 Å². The standard InChI is InChI=1S/C26H30N6O2/c1-3-6-24-23(26(34)32-20(16-33)14-9-17(2)31(24)32)15-18-10-12-19(13-11-18)21-7-4-5-8-22(21)25-27-29-30-28-25/h4-5,7-8,10-13,17,20,33H,3,6,9,14-16H2,1-2H3,(H,27,28,29,30). The van der Waals surface area contributed by atoms with Crippen LogP contribution >= 0.6 is 0 Å². The third-order valence-corrected chi connectivity index (χ3v) is 6.88. The molecule has 0 radical (unpaired) electrons. The number of tetrazole rings is 1. The van der Waals surface area contributed by atoms with Crippen LogP contribution in [0.4, 0.5) is 0 Å². The van der Waals surface area contributed by atoms with Crippen LogP contribution in [0.1, 0.15) is 62.0 Å². The lowest BCUT2D eigenvalue weighted by atomic mass is 9.96. The van der Waals surface area contributed by atoms with Crippen molar-refractivity contribution in [2.75, 3.05) is 6.61 Å². The topological polar surface area (TPSA) is 102 Å². The van der Waals surface area contributed by atoms with E-state index in [1.54, 1.807) is 0 Å². The summed E-state index contributed by atoms with van der Waals surface area (Å²) < 4.78 is 3.99. The predicted octanol–water partition coefficient (Wildman–Crippen LogP) is 3.93. The molecule has 8 nitrogen and oxygen atoms in total. The van der Waals surface area contributed by atoms with Gasteiger partial charge in [-0.3, -0.25) is 9.48 Å². The van der Waals surface area contributed by atoms with Crippen LogP contribution in [0.3, 0.4) is 0 Å². The largest absolute Gasteiger partial charge is 0.394 e. The van der Waals surface area contributed by atoms with E-state index >= 15 is 0 Å². The minimum absolute atomic E-state index is 0.00351. The van der Waals surface area contributed by atoms with E-state index in [9.17, 15) is 9.90 Å². The summed E-state index contributed by atoms with van der Waals surface area (Å²) in [5, 5.41) is 24.2. The second-order valence-corrected chi connectivity index (χ2v) is 9.10. The first-order valence-corrected chi connectivity index (χ1v) is 12.0. The van der Waals surface area contributed by atoms with E-state index in [0.717, 1.165) is 59.2 Å². The van der Waals surface area contributed by atoms with E-state index in [-0.39, 0.29) is 24.2 Å². The van der Waals surface area contributed by atoms with Crippen molar-refractivity contribution in [1.82, 2.24) is 30.0 Å². The molecule has 0 saturated carbocycles. The van der Waals surface area contributed by atoms with Crippen LogP contribution in [0.15, 0.2) is 53.3 Å². The maximum absolute atomic E-state index is 13.5. The van der Waals surface area contributed by atoms with Gasteiger partial charge in [-0.25, -0.2) is 9.78 Å². The van der Waals surface area contributed by atoms with Gasteiger partial charge in [0.25, 0.3) is 5.56 Å². The molecule has 0 aliphatic carbocycles. The molecule has 176 valence electrons. The van der Waals surface area contributed by atoms with Gasteiger partial charge in [0.2, 0.25) is 0 Å². The van der Waals surface area contributed by atoms with Crippen LogP contribution in [-0.2, 0) is 12.8 Å². The fraction of sp³-hybridized carbons (Fsp3) is 0.385. The average Bonchev–Trinajstić information content (AvgIpc) is 3.49. The van der Waals surface area contributed by atoms with Crippen molar-refractivity contribution in [1.29, 1.82) is 0 Å². The van der Waals surface area contributed by atoms with E-state index < -0.39 is 0 Å². The van der Waals surface area contributed by atoms with E-state index in [4.69, 9.17) is 0 Å². The molecule has 2 N–H and O–H groups in total. The van der Waals surface area contributed by atoms with Gasteiger partial charge in [0, 0.05) is 29.3 Å². The molecular weight excluding hydrogens is 428 g/mol.